The van der Waals surface area contributed by atoms with Gasteiger partial charge in [-0.2, -0.15) is 5.10 Å². The SMILES string of the molecule is COC(=O)C1=C(C(=O)OC)N(c2ccc(-n3nc(C)cc3C)cc2)COC1. The topological polar surface area (TPSA) is 82.9 Å². The van der Waals surface area contributed by atoms with Crippen LogP contribution in [0.4, 0.5) is 5.69 Å². The van der Waals surface area contributed by atoms with E-state index in [0.29, 0.717) is 5.69 Å². The molecule has 2 aromatic rings. The van der Waals surface area contributed by atoms with Gasteiger partial charge in [-0.15, -0.1) is 0 Å². The van der Waals surface area contributed by atoms with Crippen molar-refractivity contribution in [2.24, 2.45) is 0 Å². The van der Waals surface area contributed by atoms with Crippen molar-refractivity contribution in [3.63, 3.8) is 0 Å². The molecule has 1 aromatic heterocycles. The Morgan fingerprint density at radius 3 is 2.22 bits per heavy atom. The molecular weight excluding hydrogens is 350 g/mol. The van der Waals surface area contributed by atoms with Crippen molar-refractivity contribution in [2.45, 2.75) is 13.8 Å². The van der Waals surface area contributed by atoms with Crippen LogP contribution in [-0.2, 0) is 23.8 Å². The van der Waals surface area contributed by atoms with E-state index in [2.05, 4.69) is 5.10 Å². The summed E-state index contributed by atoms with van der Waals surface area (Å²) in [6.07, 6.45) is 0. The minimum absolute atomic E-state index is 0.0164. The number of carbonyl (C=O) groups is 2. The first-order valence-corrected chi connectivity index (χ1v) is 8.35. The summed E-state index contributed by atoms with van der Waals surface area (Å²) in [6, 6.07) is 9.43. The molecular formula is C19H21N3O5. The Morgan fingerprint density at radius 1 is 1.04 bits per heavy atom. The van der Waals surface area contributed by atoms with Gasteiger partial charge in [0.05, 0.1) is 37.8 Å². The van der Waals surface area contributed by atoms with E-state index < -0.39 is 11.9 Å². The maximum Gasteiger partial charge on any atom is 0.355 e. The van der Waals surface area contributed by atoms with Gasteiger partial charge in [-0.1, -0.05) is 0 Å². The van der Waals surface area contributed by atoms with Gasteiger partial charge in [-0.05, 0) is 44.2 Å². The molecule has 0 radical (unpaired) electrons. The maximum absolute atomic E-state index is 12.3. The van der Waals surface area contributed by atoms with Gasteiger partial charge in [0.15, 0.2) is 0 Å². The quantitative estimate of drug-likeness (QED) is 0.759. The highest BCUT2D eigenvalue weighted by atomic mass is 16.5. The van der Waals surface area contributed by atoms with Crippen LogP contribution < -0.4 is 4.90 Å². The van der Waals surface area contributed by atoms with Crippen molar-refractivity contribution < 1.29 is 23.8 Å². The smallest absolute Gasteiger partial charge is 0.355 e. The van der Waals surface area contributed by atoms with Crippen LogP contribution in [0.1, 0.15) is 11.4 Å². The molecule has 8 nitrogen and oxygen atoms in total. The van der Waals surface area contributed by atoms with Crippen LogP contribution in [0.25, 0.3) is 5.69 Å². The average molecular weight is 371 g/mol. The van der Waals surface area contributed by atoms with E-state index in [1.54, 1.807) is 4.90 Å². The number of ether oxygens (including phenoxy) is 3. The molecule has 0 unspecified atom stereocenters. The molecule has 2 heterocycles. The van der Waals surface area contributed by atoms with Crippen LogP contribution in [0.2, 0.25) is 0 Å². The molecule has 1 aliphatic rings. The summed E-state index contributed by atoms with van der Waals surface area (Å²) in [5.74, 6) is -1.25. The number of benzene rings is 1. The van der Waals surface area contributed by atoms with E-state index in [4.69, 9.17) is 14.2 Å². The molecule has 0 amide bonds. The summed E-state index contributed by atoms with van der Waals surface area (Å²) >= 11 is 0. The highest BCUT2D eigenvalue weighted by Crippen LogP contribution is 2.27. The summed E-state index contributed by atoms with van der Waals surface area (Å²) in [7, 11) is 2.52. The summed E-state index contributed by atoms with van der Waals surface area (Å²) in [5.41, 5.74) is 3.76. The Kier molecular flexibility index (Phi) is 5.27. The normalized spacial score (nSPS) is 14.3. The van der Waals surface area contributed by atoms with E-state index >= 15 is 0 Å². The second-order valence-electron chi connectivity index (χ2n) is 6.07. The predicted molar refractivity (Wildman–Crippen MR) is 97.4 cm³/mol. The molecule has 3 rings (SSSR count). The highest BCUT2D eigenvalue weighted by molar-refractivity contribution is 6.03. The number of anilines is 1. The zero-order chi connectivity index (χ0) is 19.6. The monoisotopic (exact) mass is 371 g/mol. The van der Waals surface area contributed by atoms with E-state index in [1.165, 1.54) is 14.2 Å². The number of rotatable bonds is 4. The van der Waals surface area contributed by atoms with Crippen LogP contribution in [0.15, 0.2) is 41.6 Å². The predicted octanol–water partition coefficient (Wildman–Crippen LogP) is 1.88. The zero-order valence-electron chi connectivity index (χ0n) is 15.7. The Labute approximate surface area is 156 Å². The third-order valence-corrected chi connectivity index (χ3v) is 4.25. The van der Waals surface area contributed by atoms with Gasteiger partial charge >= 0.3 is 11.9 Å². The minimum atomic E-state index is -0.626. The first-order valence-electron chi connectivity index (χ1n) is 8.35. The second kappa shape index (κ2) is 7.63. The molecule has 1 aliphatic heterocycles. The average Bonchev–Trinajstić information content (AvgIpc) is 3.04. The molecule has 0 saturated carbocycles. The van der Waals surface area contributed by atoms with E-state index in [1.807, 2.05) is 48.9 Å². The molecule has 27 heavy (non-hydrogen) atoms. The fraction of sp³-hybridized carbons (Fsp3) is 0.316. The molecule has 142 valence electrons. The van der Waals surface area contributed by atoms with Gasteiger partial charge < -0.3 is 19.1 Å². The number of methoxy groups -OCH3 is 2. The highest BCUT2D eigenvalue weighted by Gasteiger charge is 2.32. The van der Waals surface area contributed by atoms with Crippen molar-refractivity contribution in [3.05, 3.63) is 53.0 Å². The Bertz CT molecular complexity index is 899. The Hall–Kier alpha value is -3.13. The molecule has 0 N–H and O–H groups in total. The first-order chi connectivity index (χ1) is 13.0. The lowest BCUT2D eigenvalue weighted by Crippen LogP contribution is -2.38. The molecule has 0 atom stereocenters. The first kappa shape index (κ1) is 18.7. The van der Waals surface area contributed by atoms with E-state index in [9.17, 15) is 9.59 Å². The van der Waals surface area contributed by atoms with Gasteiger partial charge in [0.2, 0.25) is 0 Å². The fourth-order valence-electron chi connectivity index (χ4n) is 3.01. The van der Waals surface area contributed by atoms with Crippen LogP contribution in [-0.4, -0.2) is 49.3 Å². The summed E-state index contributed by atoms with van der Waals surface area (Å²) in [5, 5.41) is 4.46. The van der Waals surface area contributed by atoms with Gasteiger partial charge in [0, 0.05) is 11.4 Å². The lowest BCUT2D eigenvalue weighted by molar-refractivity contribution is -0.140. The van der Waals surface area contributed by atoms with Crippen LogP contribution in [0.5, 0.6) is 0 Å². The van der Waals surface area contributed by atoms with Crippen molar-refractivity contribution in [1.29, 1.82) is 0 Å². The molecule has 0 fully saturated rings. The van der Waals surface area contributed by atoms with Crippen LogP contribution in [0.3, 0.4) is 0 Å². The number of esters is 2. The van der Waals surface area contributed by atoms with E-state index in [-0.39, 0.29) is 24.6 Å². The number of aryl methyl sites for hydroxylation is 2. The lowest BCUT2D eigenvalue weighted by atomic mass is 10.1. The van der Waals surface area contributed by atoms with Gasteiger partial charge in [0.25, 0.3) is 0 Å². The molecule has 0 aliphatic carbocycles. The number of aromatic nitrogens is 2. The Morgan fingerprint density at radius 2 is 1.67 bits per heavy atom. The third kappa shape index (κ3) is 3.56. The van der Waals surface area contributed by atoms with Crippen molar-refractivity contribution in [3.8, 4) is 5.69 Å². The van der Waals surface area contributed by atoms with Gasteiger partial charge in [-0.25, -0.2) is 14.3 Å². The van der Waals surface area contributed by atoms with Crippen molar-refractivity contribution in [1.82, 2.24) is 9.78 Å². The minimum Gasteiger partial charge on any atom is -0.466 e. The third-order valence-electron chi connectivity index (χ3n) is 4.25. The number of nitrogens with zero attached hydrogens (tertiary/aromatic N) is 3. The molecule has 1 aromatic carbocycles. The largest absolute Gasteiger partial charge is 0.466 e. The fourth-order valence-corrected chi connectivity index (χ4v) is 3.01. The number of hydrogen-bond donors (Lipinski definition) is 0. The lowest BCUT2D eigenvalue weighted by Gasteiger charge is -2.31. The number of hydrogen-bond acceptors (Lipinski definition) is 7. The van der Waals surface area contributed by atoms with Crippen LogP contribution >= 0.6 is 0 Å². The standard InChI is InChI=1S/C19H21N3O5/c1-12-9-13(2)22(20-12)15-7-5-14(6-8-15)21-11-27-10-16(18(23)25-3)17(21)19(24)26-4/h5-9H,10-11H2,1-4H3. The second-order valence-corrected chi connectivity index (χ2v) is 6.07. The Balaban J connectivity index is 1.99. The zero-order valence-corrected chi connectivity index (χ0v) is 15.7. The molecule has 0 bridgehead atoms. The van der Waals surface area contributed by atoms with Crippen molar-refractivity contribution >= 4 is 17.6 Å². The molecule has 0 saturated heterocycles. The summed E-state index contributed by atoms with van der Waals surface area (Å²) in [4.78, 5) is 26.0. The number of carbonyl (C=O) groups excluding carboxylic acids is 2. The van der Waals surface area contributed by atoms with Gasteiger partial charge in [0.1, 0.15) is 12.4 Å². The van der Waals surface area contributed by atoms with Gasteiger partial charge in [-0.3, -0.25) is 0 Å². The van der Waals surface area contributed by atoms with E-state index in [0.717, 1.165) is 17.1 Å². The molecule has 8 heteroatoms. The maximum atomic E-state index is 12.3. The molecule has 0 spiro atoms. The summed E-state index contributed by atoms with van der Waals surface area (Å²) in [6.45, 7) is 4.01. The van der Waals surface area contributed by atoms with Crippen molar-refractivity contribution in [2.75, 3.05) is 32.5 Å². The summed E-state index contributed by atoms with van der Waals surface area (Å²) < 4.78 is 16.9. The van der Waals surface area contributed by atoms with Crippen LogP contribution in [0, 0.1) is 13.8 Å².